The summed E-state index contributed by atoms with van der Waals surface area (Å²) in [5, 5.41) is 2.68. The summed E-state index contributed by atoms with van der Waals surface area (Å²) in [5.74, 6) is 0.729. The third-order valence-corrected chi connectivity index (χ3v) is 3.50. The normalized spacial score (nSPS) is 10.6. The number of ether oxygens (including phenoxy) is 1. The second-order valence-corrected chi connectivity index (χ2v) is 4.98. The van der Waals surface area contributed by atoms with Crippen molar-refractivity contribution in [3.05, 3.63) is 65.6 Å². The van der Waals surface area contributed by atoms with Crippen LogP contribution in [0.1, 0.15) is 17.0 Å². The van der Waals surface area contributed by atoms with Gasteiger partial charge in [-0.25, -0.2) is 4.98 Å². The molecule has 0 saturated heterocycles. The molecule has 2 heterocycles. The Morgan fingerprint density at radius 1 is 1.23 bits per heavy atom. The first-order chi connectivity index (χ1) is 10.8. The summed E-state index contributed by atoms with van der Waals surface area (Å²) >= 11 is 0. The fourth-order valence-corrected chi connectivity index (χ4v) is 2.40. The van der Waals surface area contributed by atoms with Gasteiger partial charge in [0.2, 0.25) is 6.41 Å². The number of rotatable bonds is 6. The van der Waals surface area contributed by atoms with Gasteiger partial charge >= 0.3 is 0 Å². The second-order valence-electron chi connectivity index (χ2n) is 4.98. The van der Waals surface area contributed by atoms with Gasteiger partial charge in [0.1, 0.15) is 6.61 Å². The number of nitrogens with zero attached hydrogens (tertiary/aromatic N) is 2. The summed E-state index contributed by atoms with van der Waals surface area (Å²) in [4.78, 5) is 15.1. The number of imidazole rings is 1. The second kappa shape index (κ2) is 6.30. The van der Waals surface area contributed by atoms with E-state index in [-0.39, 0.29) is 0 Å². The Bertz CT molecular complexity index is 781. The van der Waals surface area contributed by atoms with Crippen LogP contribution >= 0.6 is 0 Å². The Balaban J connectivity index is 1.88. The van der Waals surface area contributed by atoms with Crippen molar-refractivity contribution in [1.82, 2.24) is 14.7 Å². The Morgan fingerprint density at radius 2 is 2.05 bits per heavy atom. The minimum Gasteiger partial charge on any atom is -0.485 e. The van der Waals surface area contributed by atoms with Gasteiger partial charge in [0.15, 0.2) is 11.4 Å². The summed E-state index contributed by atoms with van der Waals surface area (Å²) in [6.45, 7) is 2.86. The number of nitrogens with one attached hydrogen (secondary N) is 1. The monoisotopic (exact) mass is 295 g/mol. The Labute approximate surface area is 128 Å². The Hall–Kier alpha value is -2.82. The van der Waals surface area contributed by atoms with Gasteiger partial charge < -0.3 is 10.1 Å². The van der Waals surface area contributed by atoms with Crippen molar-refractivity contribution < 1.29 is 9.53 Å². The summed E-state index contributed by atoms with van der Waals surface area (Å²) < 4.78 is 7.86. The SMILES string of the molecule is Cc1nc2c(OCc3ccccc3)cccn2c1CNC=O. The van der Waals surface area contributed by atoms with Crippen molar-refractivity contribution in [2.24, 2.45) is 0 Å². The number of hydrogen-bond acceptors (Lipinski definition) is 3. The highest BCUT2D eigenvalue weighted by Crippen LogP contribution is 2.22. The maximum absolute atomic E-state index is 10.5. The summed E-state index contributed by atoms with van der Waals surface area (Å²) in [6.07, 6.45) is 2.61. The minimum atomic E-state index is 0.443. The molecule has 0 aliphatic heterocycles. The van der Waals surface area contributed by atoms with Gasteiger partial charge in [-0.15, -0.1) is 0 Å². The predicted molar refractivity (Wildman–Crippen MR) is 83.6 cm³/mol. The van der Waals surface area contributed by atoms with E-state index >= 15 is 0 Å². The van der Waals surface area contributed by atoms with Crippen molar-refractivity contribution in [2.45, 2.75) is 20.1 Å². The molecule has 0 aliphatic rings. The highest BCUT2D eigenvalue weighted by Gasteiger charge is 2.12. The van der Waals surface area contributed by atoms with Gasteiger partial charge in [-0.3, -0.25) is 9.20 Å². The molecule has 3 aromatic rings. The van der Waals surface area contributed by atoms with E-state index in [2.05, 4.69) is 10.3 Å². The molecule has 0 fully saturated rings. The lowest BCUT2D eigenvalue weighted by Crippen LogP contribution is -2.12. The molecule has 22 heavy (non-hydrogen) atoms. The lowest BCUT2D eigenvalue weighted by atomic mass is 10.2. The van der Waals surface area contributed by atoms with Crippen LogP contribution in [0.15, 0.2) is 48.7 Å². The van der Waals surface area contributed by atoms with Crippen molar-refractivity contribution >= 4 is 12.1 Å². The topological polar surface area (TPSA) is 55.6 Å². The summed E-state index contributed by atoms with van der Waals surface area (Å²) in [6, 6.07) is 13.8. The quantitative estimate of drug-likeness (QED) is 0.711. The van der Waals surface area contributed by atoms with E-state index in [1.54, 1.807) is 0 Å². The molecule has 0 saturated carbocycles. The number of aromatic nitrogens is 2. The van der Waals surface area contributed by atoms with Gasteiger partial charge in [0.05, 0.1) is 17.9 Å². The molecule has 3 rings (SSSR count). The molecular weight excluding hydrogens is 278 g/mol. The van der Waals surface area contributed by atoms with Crippen LogP contribution in [0.4, 0.5) is 0 Å². The number of fused-ring (bicyclic) bond motifs is 1. The number of aryl methyl sites for hydroxylation is 1. The van der Waals surface area contributed by atoms with Crippen LogP contribution in [0.5, 0.6) is 5.75 Å². The average Bonchev–Trinajstić information content (AvgIpc) is 2.88. The van der Waals surface area contributed by atoms with E-state index in [0.29, 0.717) is 19.6 Å². The molecule has 0 atom stereocenters. The Morgan fingerprint density at radius 3 is 2.82 bits per heavy atom. The zero-order valence-corrected chi connectivity index (χ0v) is 12.3. The number of pyridine rings is 1. The molecule has 1 N–H and O–H groups in total. The lowest BCUT2D eigenvalue weighted by Gasteiger charge is -2.08. The van der Waals surface area contributed by atoms with E-state index in [1.165, 1.54) is 0 Å². The van der Waals surface area contributed by atoms with Gasteiger partial charge in [0, 0.05) is 6.20 Å². The molecule has 5 nitrogen and oxygen atoms in total. The molecule has 1 amide bonds. The van der Waals surface area contributed by atoms with E-state index in [4.69, 9.17) is 4.74 Å². The van der Waals surface area contributed by atoms with Crippen LogP contribution in [0.25, 0.3) is 5.65 Å². The number of hydrogen-bond donors (Lipinski definition) is 1. The predicted octanol–water partition coefficient (Wildman–Crippen LogP) is 2.47. The largest absolute Gasteiger partial charge is 0.485 e. The van der Waals surface area contributed by atoms with Crippen molar-refractivity contribution in [3.63, 3.8) is 0 Å². The van der Waals surface area contributed by atoms with Crippen LogP contribution in [-0.2, 0) is 17.9 Å². The molecule has 0 bridgehead atoms. The highest BCUT2D eigenvalue weighted by atomic mass is 16.5. The minimum absolute atomic E-state index is 0.443. The van der Waals surface area contributed by atoms with E-state index in [1.807, 2.05) is 60.0 Å². The van der Waals surface area contributed by atoms with E-state index < -0.39 is 0 Å². The molecule has 0 aliphatic carbocycles. The van der Waals surface area contributed by atoms with Gasteiger partial charge in [-0.2, -0.15) is 0 Å². The van der Waals surface area contributed by atoms with Crippen LogP contribution in [0.2, 0.25) is 0 Å². The molecule has 0 spiro atoms. The van der Waals surface area contributed by atoms with Crippen LogP contribution in [0.3, 0.4) is 0 Å². The molecular formula is C17H17N3O2. The fraction of sp³-hybridized carbons (Fsp3) is 0.176. The summed E-state index contributed by atoms with van der Waals surface area (Å²) in [7, 11) is 0. The third-order valence-electron chi connectivity index (χ3n) is 3.50. The first kappa shape index (κ1) is 14.1. The fourth-order valence-electron chi connectivity index (χ4n) is 2.40. The first-order valence-corrected chi connectivity index (χ1v) is 7.10. The van der Waals surface area contributed by atoms with E-state index in [0.717, 1.165) is 28.3 Å². The van der Waals surface area contributed by atoms with Gasteiger partial charge in [-0.05, 0) is 24.6 Å². The van der Waals surface area contributed by atoms with Crippen LogP contribution < -0.4 is 10.1 Å². The lowest BCUT2D eigenvalue weighted by molar-refractivity contribution is -0.109. The first-order valence-electron chi connectivity index (χ1n) is 7.10. The van der Waals surface area contributed by atoms with Crippen molar-refractivity contribution in [2.75, 3.05) is 0 Å². The average molecular weight is 295 g/mol. The zero-order chi connectivity index (χ0) is 15.4. The molecule has 112 valence electrons. The molecule has 2 aromatic heterocycles. The molecule has 5 heteroatoms. The molecule has 0 radical (unpaired) electrons. The van der Waals surface area contributed by atoms with Crippen molar-refractivity contribution in [1.29, 1.82) is 0 Å². The number of carbonyl (C=O) groups is 1. The smallest absolute Gasteiger partial charge is 0.207 e. The number of carbonyl (C=O) groups excluding carboxylic acids is 1. The Kier molecular flexibility index (Phi) is 4.05. The molecule has 0 unspecified atom stereocenters. The zero-order valence-electron chi connectivity index (χ0n) is 12.3. The molecule has 1 aromatic carbocycles. The number of benzene rings is 1. The number of amides is 1. The third kappa shape index (κ3) is 2.79. The maximum Gasteiger partial charge on any atom is 0.207 e. The van der Waals surface area contributed by atoms with Crippen LogP contribution in [0, 0.1) is 6.92 Å². The standard InChI is InChI=1S/C17H17N3O2/c1-13-15(10-18-12-21)20-9-5-8-16(17(20)19-13)22-11-14-6-3-2-4-7-14/h2-9,12H,10-11H2,1H3,(H,18,21). The van der Waals surface area contributed by atoms with Gasteiger partial charge in [0.25, 0.3) is 0 Å². The van der Waals surface area contributed by atoms with Crippen LogP contribution in [-0.4, -0.2) is 15.8 Å². The highest BCUT2D eigenvalue weighted by molar-refractivity contribution is 5.56. The maximum atomic E-state index is 10.5. The van der Waals surface area contributed by atoms with E-state index in [9.17, 15) is 4.79 Å². The van der Waals surface area contributed by atoms with Crippen molar-refractivity contribution in [3.8, 4) is 5.75 Å². The summed E-state index contributed by atoms with van der Waals surface area (Å²) in [5.41, 5.74) is 3.70. The van der Waals surface area contributed by atoms with Gasteiger partial charge in [-0.1, -0.05) is 30.3 Å².